The summed E-state index contributed by atoms with van der Waals surface area (Å²) in [7, 11) is 1.64. The average molecular weight is 628 g/mol. The van der Waals surface area contributed by atoms with E-state index >= 15 is 0 Å². The summed E-state index contributed by atoms with van der Waals surface area (Å²) in [5.41, 5.74) is 2.43. The summed E-state index contributed by atoms with van der Waals surface area (Å²) in [5.74, 6) is 0.651. The third kappa shape index (κ3) is 12.2. The zero-order valence-electron chi connectivity index (χ0n) is 29.3. The lowest BCUT2D eigenvalue weighted by molar-refractivity contribution is -0.155. The molecule has 1 atom stereocenters. The number of methoxy groups -OCH3 is 1. The number of rotatable bonds is 17. The molecule has 45 heavy (non-hydrogen) atoms. The van der Waals surface area contributed by atoms with Crippen molar-refractivity contribution in [1.82, 2.24) is 4.90 Å². The lowest BCUT2D eigenvalue weighted by Gasteiger charge is -2.45. The molecule has 0 amide bonds. The lowest BCUT2D eigenvalue weighted by Crippen LogP contribution is -2.45. The number of allylic oxidation sites excluding steroid dienone is 1. The van der Waals surface area contributed by atoms with Crippen molar-refractivity contribution in [2.45, 2.75) is 131 Å². The van der Waals surface area contributed by atoms with Crippen LogP contribution in [0.4, 0.5) is 0 Å². The molecular weight excluding hydrogens is 570 g/mol. The van der Waals surface area contributed by atoms with E-state index < -0.39 is 11.6 Å². The number of carbonyl (C=O) groups excluding carboxylic acids is 3. The van der Waals surface area contributed by atoms with Crippen molar-refractivity contribution < 1.29 is 33.3 Å². The first-order chi connectivity index (χ1) is 21.2. The highest BCUT2D eigenvalue weighted by atomic mass is 16.6. The first-order valence-corrected chi connectivity index (χ1v) is 16.6. The number of hydrogen-bond donors (Lipinski definition) is 0. The van der Waals surface area contributed by atoms with Gasteiger partial charge in [-0.2, -0.15) is 0 Å². The number of carbonyl (C=O) groups is 3. The van der Waals surface area contributed by atoms with E-state index in [1.165, 1.54) is 12.8 Å². The Morgan fingerprint density at radius 2 is 1.56 bits per heavy atom. The monoisotopic (exact) mass is 627 g/mol. The number of aldehydes is 1. The predicted molar refractivity (Wildman–Crippen MR) is 179 cm³/mol. The third-order valence-corrected chi connectivity index (χ3v) is 7.83. The van der Waals surface area contributed by atoms with Crippen LogP contribution >= 0.6 is 0 Å². The Morgan fingerprint density at radius 1 is 0.933 bits per heavy atom. The first-order valence-electron chi connectivity index (χ1n) is 16.6. The van der Waals surface area contributed by atoms with Crippen LogP contribution in [0, 0.1) is 5.41 Å². The maximum Gasteiger partial charge on any atom is 0.342 e. The number of benzene rings is 1. The molecule has 0 aromatic heterocycles. The molecule has 0 N–H and O–H groups in total. The molecule has 1 aromatic carbocycles. The van der Waals surface area contributed by atoms with Gasteiger partial charge in [-0.3, -0.25) is 9.59 Å². The molecule has 8 nitrogen and oxygen atoms in total. The number of fused-ring (bicyclic) bond motifs is 1. The largest absolute Gasteiger partial charge is 0.493 e. The number of nitrogens with zero attached hydrogens (tertiary/aromatic N) is 1. The number of unbranched alkanes of at least 4 members (excludes halogenated alkanes) is 7. The molecule has 2 rings (SSSR count). The Kier molecular flexibility index (Phi) is 15.2. The van der Waals surface area contributed by atoms with E-state index in [0.717, 1.165) is 61.1 Å². The summed E-state index contributed by atoms with van der Waals surface area (Å²) < 4.78 is 22.5. The number of ether oxygens (including phenoxy) is 4. The van der Waals surface area contributed by atoms with E-state index in [0.29, 0.717) is 31.5 Å². The molecule has 0 saturated carbocycles. The summed E-state index contributed by atoms with van der Waals surface area (Å²) in [6.45, 7) is 16.7. The van der Waals surface area contributed by atoms with Crippen LogP contribution < -0.4 is 9.47 Å². The van der Waals surface area contributed by atoms with Crippen molar-refractivity contribution in [3.05, 3.63) is 41.1 Å². The van der Waals surface area contributed by atoms with E-state index in [1.54, 1.807) is 20.2 Å². The number of hydrogen-bond acceptors (Lipinski definition) is 8. The van der Waals surface area contributed by atoms with Gasteiger partial charge in [-0.15, -0.1) is 0 Å². The SMILES string of the molecule is CC=C1c2cc(OC)c(OCCCCCCCCCCC(=O)OC(C)(C)C)cc2CC(C(C)(C)C)N1C=C(C=O)C(=O)OCC. The second-order valence-corrected chi connectivity index (χ2v) is 13.8. The fourth-order valence-corrected chi connectivity index (χ4v) is 5.59. The maximum atomic E-state index is 12.5. The van der Waals surface area contributed by atoms with Gasteiger partial charge in [0, 0.05) is 29.9 Å². The van der Waals surface area contributed by atoms with Gasteiger partial charge in [-0.05, 0) is 77.0 Å². The Balaban J connectivity index is 1.98. The molecule has 1 unspecified atom stereocenters. The molecule has 252 valence electrons. The van der Waals surface area contributed by atoms with Crippen LogP contribution in [0.1, 0.15) is 124 Å². The smallest absolute Gasteiger partial charge is 0.342 e. The topological polar surface area (TPSA) is 91.4 Å². The summed E-state index contributed by atoms with van der Waals surface area (Å²) >= 11 is 0. The standard InChI is InChI=1S/C37H57NO7/c1-10-30-29-24-31(42-9)32(44-21-19-17-15-13-12-14-16-18-20-34(40)45-37(6,7)8)22-27(29)23-33(36(3,4)5)38(30)25-28(26-39)35(41)43-11-2/h10,22,24-26,33H,11-21,23H2,1-9H3. The van der Waals surface area contributed by atoms with Crippen LogP contribution in [-0.2, 0) is 30.3 Å². The van der Waals surface area contributed by atoms with Crippen molar-refractivity contribution in [1.29, 1.82) is 0 Å². The second kappa shape index (κ2) is 18.0. The van der Waals surface area contributed by atoms with Gasteiger partial charge < -0.3 is 23.8 Å². The molecule has 0 saturated heterocycles. The van der Waals surface area contributed by atoms with Crippen molar-refractivity contribution in [2.75, 3.05) is 20.3 Å². The van der Waals surface area contributed by atoms with Crippen molar-refractivity contribution in [2.24, 2.45) is 5.41 Å². The van der Waals surface area contributed by atoms with E-state index in [1.807, 2.05) is 44.7 Å². The quantitative estimate of drug-likeness (QED) is 0.0426. The Labute approximate surface area is 271 Å². The maximum absolute atomic E-state index is 12.5. The second-order valence-electron chi connectivity index (χ2n) is 13.8. The zero-order chi connectivity index (χ0) is 33.6. The Morgan fingerprint density at radius 3 is 2.09 bits per heavy atom. The van der Waals surface area contributed by atoms with Gasteiger partial charge in [-0.1, -0.05) is 65.4 Å². The minimum absolute atomic E-state index is 0.0147. The first kappa shape index (κ1) is 37.9. The Bertz CT molecular complexity index is 1190. The average Bonchev–Trinajstić information content (AvgIpc) is 2.96. The third-order valence-electron chi connectivity index (χ3n) is 7.83. The molecule has 0 bridgehead atoms. The molecule has 0 aliphatic carbocycles. The summed E-state index contributed by atoms with van der Waals surface area (Å²) in [4.78, 5) is 38.2. The molecule has 0 spiro atoms. The Hall–Kier alpha value is -3.29. The summed E-state index contributed by atoms with van der Waals surface area (Å²) in [6, 6.07) is 4.06. The van der Waals surface area contributed by atoms with E-state index in [9.17, 15) is 14.4 Å². The molecule has 8 heteroatoms. The highest BCUT2D eigenvalue weighted by Gasteiger charge is 2.37. The molecule has 1 heterocycles. The predicted octanol–water partition coefficient (Wildman–Crippen LogP) is 8.21. The summed E-state index contributed by atoms with van der Waals surface area (Å²) in [5, 5.41) is 0. The van der Waals surface area contributed by atoms with Gasteiger partial charge in [0.15, 0.2) is 17.8 Å². The van der Waals surface area contributed by atoms with E-state index in [2.05, 4.69) is 26.8 Å². The van der Waals surface area contributed by atoms with Gasteiger partial charge in [0.2, 0.25) is 0 Å². The van der Waals surface area contributed by atoms with Crippen LogP contribution in [0.3, 0.4) is 0 Å². The van der Waals surface area contributed by atoms with Crippen molar-refractivity contribution in [3.8, 4) is 11.5 Å². The van der Waals surface area contributed by atoms with Crippen LogP contribution in [0.2, 0.25) is 0 Å². The fourth-order valence-electron chi connectivity index (χ4n) is 5.59. The summed E-state index contributed by atoms with van der Waals surface area (Å²) in [6.07, 6.45) is 14.1. The van der Waals surface area contributed by atoms with Crippen molar-refractivity contribution >= 4 is 23.9 Å². The van der Waals surface area contributed by atoms with Gasteiger partial charge >= 0.3 is 11.9 Å². The van der Waals surface area contributed by atoms with Crippen LogP contribution in [0.25, 0.3) is 5.70 Å². The molecule has 0 radical (unpaired) electrons. The highest BCUT2D eigenvalue weighted by molar-refractivity contribution is 6.07. The highest BCUT2D eigenvalue weighted by Crippen LogP contribution is 2.44. The zero-order valence-corrected chi connectivity index (χ0v) is 29.3. The van der Waals surface area contributed by atoms with Gasteiger partial charge in [-0.25, -0.2) is 4.79 Å². The van der Waals surface area contributed by atoms with Gasteiger partial charge in [0.05, 0.1) is 20.3 Å². The van der Waals surface area contributed by atoms with Gasteiger partial charge in [0.1, 0.15) is 11.2 Å². The molecule has 1 aliphatic heterocycles. The van der Waals surface area contributed by atoms with Crippen molar-refractivity contribution in [3.63, 3.8) is 0 Å². The molecule has 1 aliphatic rings. The molecular formula is C37H57NO7. The normalized spacial score (nSPS) is 16.3. The van der Waals surface area contributed by atoms with Crippen LogP contribution in [0.5, 0.6) is 11.5 Å². The minimum atomic E-state index is -0.627. The van der Waals surface area contributed by atoms with Crippen LogP contribution in [-0.4, -0.2) is 55.1 Å². The van der Waals surface area contributed by atoms with E-state index in [4.69, 9.17) is 18.9 Å². The lowest BCUT2D eigenvalue weighted by atomic mass is 9.77. The molecule has 0 fully saturated rings. The van der Waals surface area contributed by atoms with Crippen LogP contribution in [0.15, 0.2) is 30.0 Å². The minimum Gasteiger partial charge on any atom is -0.493 e. The fraction of sp³-hybridized carbons (Fsp3) is 0.649. The van der Waals surface area contributed by atoms with E-state index in [-0.39, 0.29) is 29.6 Å². The number of esters is 2. The molecule has 1 aromatic rings. The van der Waals surface area contributed by atoms with Gasteiger partial charge in [0.25, 0.3) is 0 Å².